The largest absolute Gasteiger partial charge is 0.481 e. The number of thiol groups is 2. The average Bonchev–Trinajstić information content (AvgIpc) is 0.868. The summed E-state index contributed by atoms with van der Waals surface area (Å²) in [5.41, 5.74) is 49.5. The van der Waals surface area contributed by atoms with Crippen LogP contribution in [0.3, 0.4) is 0 Å². The highest BCUT2D eigenvalue weighted by Gasteiger charge is 2.37. The number of carbonyl (C=O) groups excluding carboxylic acids is 15. The van der Waals surface area contributed by atoms with E-state index in [0.29, 0.717) is 0 Å². The number of carboxylic acid groups (broad SMARTS) is 3. The zero-order valence-corrected chi connectivity index (χ0v) is 70.0. The Balaban J connectivity index is 6.71. The second-order valence-corrected chi connectivity index (χ2v) is 29.0. The van der Waals surface area contributed by atoms with Gasteiger partial charge in [-0.25, -0.2) is 4.79 Å². The zero-order valence-electron chi connectivity index (χ0n) is 68.2. The molecule has 0 saturated heterocycles. The summed E-state index contributed by atoms with van der Waals surface area (Å²) in [5, 5.41) is 84.1. The van der Waals surface area contributed by atoms with E-state index in [4.69, 9.17) is 51.6 Å². The first kappa shape index (κ1) is 109. The normalized spacial score (nSPS) is 14.4. The van der Waals surface area contributed by atoms with Crippen LogP contribution in [0, 0.1) is 11.8 Å². The van der Waals surface area contributed by atoms with E-state index >= 15 is 0 Å². The van der Waals surface area contributed by atoms with Crippen LogP contribution in [0.5, 0.6) is 0 Å². The second kappa shape index (κ2) is 58.9. The number of amides is 15. The van der Waals surface area contributed by atoms with Gasteiger partial charge in [-0.1, -0.05) is 27.7 Å². The number of nitrogens with one attached hydrogen (secondary N) is 15. The SMILES string of the molecule is CC(C)C[C@@H](NC(=O)[C@H](N)CS)C(=O)N[C@H](CCC(=O)O)C(=O)NCC(=O)N[C@H](CCCN=C(N)N)C(=O)N[C@H](CCCN=C(N)N)C(=O)N[C@H](CO)C(=O)N[C@H](C)C(=O)N[C@H](C)C(=O)N[C@H](CC(C)C)C(=O)N[C@H](CCC(=O)O)C(=O)NCC(=O)N[C@H](CCCN=C(N)N)C(=O)N[C@H](CCCN=C(N)N)C(=O)N[C@H](CO)C(=O)N[C@H](CS)C(=O)O. The van der Waals surface area contributed by atoms with Crippen molar-refractivity contribution < 1.29 is 112 Å². The molecule has 0 aliphatic heterocycles. The molecule has 0 radical (unpaired) electrons. The maximum Gasteiger partial charge on any atom is 0.327 e. The van der Waals surface area contributed by atoms with Gasteiger partial charge in [-0.05, 0) is 103 Å². The third-order valence-electron chi connectivity index (χ3n) is 16.9. The van der Waals surface area contributed by atoms with Gasteiger partial charge in [0.1, 0.15) is 78.5 Å². The lowest BCUT2D eigenvalue weighted by Crippen LogP contribution is -2.60. The fourth-order valence-electron chi connectivity index (χ4n) is 10.6. The number of guanidine groups is 4. The molecule has 0 fully saturated rings. The Morgan fingerprint density at radius 3 is 0.835 bits per heavy atom. The van der Waals surface area contributed by atoms with E-state index in [1.54, 1.807) is 27.7 Å². The van der Waals surface area contributed by atoms with Crippen molar-refractivity contribution in [2.24, 2.45) is 83.4 Å². The lowest BCUT2D eigenvalue weighted by molar-refractivity contribution is -0.142. The van der Waals surface area contributed by atoms with Gasteiger partial charge in [0.25, 0.3) is 0 Å². The molecule has 53 heteroatoms. The van der Waals surface area contributed by atoms with Crippen LogP contribution in [0.2, 0.25) is 0 Å². The van der Waals surface area contributed by atoms with E-state index in [0.717, 1.165) is 6.92 Å². The molecule has 0 unspecified atom stereocenters. The molecule has 0 aromatic rings. The van der Waals surface area contributed by atoms with E-state index in [1.165, 1.54) is 6.92 Å². The van der Waals surface area contributed by atoms with Crippen LogP contribution in [0.1, 0.15) is 131 Å². The van der Waals surface area contributed by atoms with Gasteiger partial charge in [-0.3, -0.25) is 101 Å². The van der Waals surface area contributed by atoms with E-state index < -0.39 is 243 Å². The van der Waals surface area contributed by atoms with Gasteiger partial charge in [0.15, 0.2) is 23.8 Å². The number of rotatable bonds is 61. The summed E-state index contributed by atoms with van der Waals surface area (Å²) in [5.74, 6) is -22.3. The first-order chi connectivity index (χ1) is 56.7. The van der Waals surface area contributed by atoms with Crippen molar-refractivity contribution in [3.05, 3.63) is 0 Å². The van der Waals surface area contributed by atoms with E-state index in [-0.39, 0.29) is 138 Å². The minimum atomic E-state index is -1.87. The number of aliphatic hydroxyl groups excluding tert-OH is 2. The number of aliphatic carboxylic acids is 3. The number of aliphatic imine (C=N–C) groups is 4. The molecular weight excluding hydrogens is 1640 g/mol. The van der Waals surface area contributed by atoms with Gasteiger partial charge in [0, 0.05) is 50.5 Å². The molecule has 684 valence electrons. The Kier molecular flexibility index (Phi) is 53.1. The third kappa shape index (κ3) is 47.5. The number of nitrogens with two attached hydrogens (primary N) is 9. The van der Waals surface area contributed by atoms with Crippen LogP contribution in [0.25, 0.3) is 0 Å². The summed E-state index contributed by atoms with van der Waals surface area (Å²) in [7, 11) is 0. The quantitative estimate of drug-likeness (QED) is 0.0116. The van der Waals surface area contributed by atoms with Gasteiger partial charge in [0.05, 0.1) is 32.3 Å². The fourth-order valence-corrected chi connectivity index (χ4v) is 11.0. The third-order valence-corrected chi connectivity index (χ3v) is 17.7. The lowest BCUT2D eigenvalue weighted by atomic mass is 10.0. The summed E-state index contributed by atoms with van der Waals surface area (Å²) >= 11 is 7.88. The molecule has 15 amide bonds. The Labute approximate surface area is 707 Å². The molecule has 0 aliphatic carbocycles. The van der Waals surface area contributed by atoms with Crippen LogP contribution < -0.4 is 131 Å². The maximum absolute atomic E-state index is 14.2. The standard InChI is InChI=1S/C68H122N28O23S2/c1-31(2)23-42(60(114)90-40(15-17-49(101)102)54(108)82-25-47(99)87-37(12-8-20-79-66(72)73)57(111)89-39(14-10-22-81-68(76)77)59(113)95-45(28-98)63(117)96-46(30-121)64(118)119)92-52(106)34(6)84-51(105)33(5)85-62(116)44(27-97)94-58(112)38(13-9-21-80-67(74)75)88-56(110)36(11-7-19-78-65(70)71)86-48(100)26-83-55(109)41(16-18-50(103)104)91-61(115)43(24-32(3)4)93-53(107)35(69)29-120/h31-46,97-98,120-121H,7-30,69H2,1-6H3,(H,82,108)(H,83,109)(H,84,105)(H,85,116)(H,86,100)(H,87,99)(H,88,110)(H,89,111)(H,90,114)(H,91,115)(H,92,106)(H,93,107)(H,94,112)(H,95,113)(H,96,117)(H,101,102)(H,103,104)(H,118,119)(H4,70,71,78)(H4,72,73,79)(H4,74,75,80)(H4,76,77,81)/t33-,34-,35-,36-,37-,38-,39-,40-,41-,42-,43-,44-,45-,46-/m1/s1. The number of hydrogen-bond donors (Lipinski definition) is 31. The molecule has 0 rings (SSSR count). The molecular formula is C68H122N28O23S2. The van der Waals surface area contributed by atoms with Crippen molar-refractivity contribution in [3.63, 3.8) is 0 Å². The van der Waals surface area contributed by atoms with Crippen molar-refractivity contribution in [1.82, 2.24) is 79.8 Å². The van der Waals surface area contributed by atoms with Crippen molar-refractivity contribution >= 4 is 156 Å². The van der Waals surface area contributed by atoms with E-state index in [9.17, 15) is 112 Å². The van der Waals surface area contributed by atoms with Crippen molar-refractivity contribution in [3.8, 4) is 0 Å². The van der Waals surface area contributed by atoms with Gasteiger partial charge in [0.2, 0.25) is 88.6 Å². The second-order valence-electron chi connectivity index (χ2n) is 28.3. The van der Waals surface area contributed by atoms with Gasteiger partial charge in [-0.2, -0.15) is 25.3 Å². The number of nitrogens with zero attached hydrogens (tertiary/aromatic N) is 4. The minimum absolute atomic E-state index is 0.000217. The van der Waals surface area contributed by atoms with Crippen molar-refractivity contribution in [1.29, 1.82) is 0 Å². The summed E-state index contributed by atoms with van der Waals surface area (Å²) in [6.45, 7) is 4.70. The topological polar surface area (TPSA) is 872 Å². The number of aliphatic hydroxyl groups is 2. The molecule has 0 bridgehead atoms. The number of carboxylic acids is 3. The fraction of sp³-hybridized carbons (Fsp3) is 0.676. The Morgan fingerprint density at radius 1 is 0.306 bits per heavy atom. The number of carbonyl (C=O) groups is 18. The van der Waals surface area contributed by atoms with E-state index in [1.807, 2.05) is 0 Å². The molecule has 0 heterocycles. The summed E-state index contributed by atoms with van der Waals surface area (Å²) in [4.78, 5) is 255. The molecule has 0 aromatic heterocycles. The molecule has 0 aromatic carbocycles. The molecule has 38 N–H and O–H groups in total. The minimum Gasteiger partial charge on any atom is -0.481 e. The first-order valence-electron chi connectivity index (χ1n) is 38.3. The zero-order chi connectivity index (χ0) is 92.3. The van der Waals surface area contributed by atoms with Gasteiger partial charge >= 0.3 is 17.9 Å². The number of hydrogen-bond acceptors (Lipinski definition) is 27. The highest BCUT2D eigenvalue weighted by atomic mass is 32.1. The Hall–Kier alpha value is -11.9. The highest BCUT2D eigenvalue weighted by molar-refractivity contribution is 7.80. The summed E-state index contributed by atoms with van der Waals surface area (Å²) in [6, 6.07) is -21.7. The predicted molar refractivity (Wildman–Crippen MR) is 442 cm³/mol. The van der Waals surface area contributed by atoms with Crippen molar-refractivity contribution in [2.75, 3.05) is 64.0 Å². The Bertz CT molecular complexity index is 3620. The molecule has 51 nitrogen and oxygen atoms in total. The smallest absolute Gasteiger partial charge is 0.327 e. The average molecular weight is 1760 g/mol. The van der Waals surface area contributed by atoms with Crippen LogP contribution in [-0.2, 0) is 86.3 Å². The monoisotopic (exact) mass is 1760 g/mol. The van der Waals surface area contributed by atoms with Crippen LogP contribution in [-0.4, -0.2) is 304 Å². The van der Waals surface area contributed by atoms with Crippen molar-refractivity contribution in [2.45, 2.75) is 216 Å². The van der Waals surface area contributed by atoms with Crippen LogP contribution in [0.4, 0.5) is 0 Å². The Morgan fingerprint density at radius 2 is 0.554 bits per heavy atom. The van der Waals surface area contributed by atoms with E-state index in [2.05, 4.69) is 125 Å². The van der Waals surface area contributed by atoms with Crippen LogP contribution >= 0.6 is 25.3 Å². The lowest BCUT2D eigenvalue weighted by Gasteiger charge is -2.26. The summed E-state index contributed by atoms with van der Waals surface area (Å²) < 4.78 is 0. The predicted octanol–water partition coefficient (Wildman–Crippen LogP) is -13.1. The molecule has 0 saturated carbocycles. The first-order valence-corrected chi connectivity index (χ1v) is 39.5. The van der Waals surface area contributed by atoms with Gasteiger partial charge < -0.3 is 157 Å². The highest BCUT2D eigenvalue weighted by Crippen LogP contribution is 2.13. The molecule has 0 spiro atoms. The van der Waals surface area contributed by atoms with Crippen LogP contribution in [0.15, 0.2) is 20.0 Å². The maximum atomic E-state index is 14.2. The molecule has 0 aliphatic rings. The molecule has 14 atom stereocenters. The van der Waals surface area contributed by atoms with Gasteiger partial charge in [-0.15, -0.1) is 0 Å². The summed E-state index contributed by atoms with van der Waals surface area (Å²) in [6.07, 6.45) is -3.59. The molecule has 121 heavy (non-hydrogen) atoms.